The lowest BCUT2D eigenvalue weighted by atomic mass is 10.1. The van der Waals surface area contributed by atoms with Crippen molar-refractivity contribution in [2.24, 2.45) is 5.73 Å². The van der Waals surface area contributed by atoms with Crippen LogP contribution in [0.25, 0.3) is 0 Å². The molecule has 0 fully saturated rings. The smallest absolute Gasteiger partial charge is 0.408 e. The molecular weight excluding hydrogens is 440 g/mol. The summed E-state index contributed by atoms with van der Waals surface area (Å²) in [6.07, 6.45) is -0.656. The summed E-state index contributed by atoms with van der Waals surface area (Å²) in [5.41, 5.74) is 4.73. The second kappa shape index (κ2) is 14.9. The second-order valence-electron chi connectivity index (χ2n) is 8.21. The van der Waals surface area contributed by atoms with Crippen LogP contribution in [0.5, 0.6) is 0 Å². The van der Waals surface area contributed by atoms with Crippen molar-refractivity contribution in [1.29, 1.82) is 0 Å². The lowest BCUT2D eigenvalue weighted by molar-refractivity contribution is -0.147. The normalized spacial score (nSPS) is 15.0. The molecule has 0 rings (SSSR count). The lowest BCUT2D eigenvalue weighted by Crippen LogP contribution is -2.59. The Morgan fingerprint density at radius 2 is 1.66 bits per heavy atom. The molecule has 11 nitrogen and oxygen atoms in total. The zero-order valence-electron chi connectivity index (χ0n) is 19.5. The molecule has 0 aliphatic rings. The first kappa shape index (κ1) is 29.9. The van der Waals surface area contributed by atoms with Crippen LogP contribution in [-0.2, 0) is 23.9 Å². The average molecular weight is 479 g/mol. The van der Waals surface area contributed by atoms with Crippen LogP contribution in [0.1, 0.15) is 53.9 Å². The molecule has 32 heavy (non-hydrogen) atoms. The number of carbonyl (C=O) groups is 4. The number of aliphatic hydroxyl groups excluding tert-OH is 1. The summed E-state index contributed by atoms with van der Waals surface area (Å²) in [5, 5.41) is 17.4. The minimum absolute atomic E-state index is 0.0348. The van der Waals surface area contributed by atoms with Crippen molar-refractivity contribution in [2.75, 3.05) is 18.9 Å². The molecule has 0 spiro atoms. The molecule has 0 unspecified atom stereocenters. The Balaban J connectivity index is 5.34. The number of esters is 1. The molecule has 4 atom stereocenters. The van der Waals surface area contributed by atoms with Crippen molar-refractivity contribution < 1.29 is 33.8 Å². The first-order valence-corrected chi connectivity index (χ1v) is 11.2. The van der Waals surface area contributed by atoms with Crippen molar-refractivity contribution in [3.63, 3.8) is 0 Å². The maximum absolute atomic E-state index is 12.8. The van der Waals surface area contributed by atoms with Crippen molar-refractivity contribution in [2.45, 2.75) is 83.7 Å². The Morgan fingerprint density at radius 3 is 2.12 bits per heavy atom. The molecular formula is C20H38N4O7S. The number of unbranched alkanes of at least 4 members (excludes halogenated alkanes) is 1. The standard InChI is InChI=1S/C20H38N4O7S/c1-6-30-18(28)14(11-32)22-17(27)15(12(2)25)24-16(26)13(9-7-8-10-21)23-19(29)31-20(3,4)5/h12-15,25,32H,6-11,21H2,1-5H3,(H,22,27)(H,23,29)(H,24,26)/t12-,13+,14+,15+/m1/s1. The van der Waals surface area contributed by atoms with Crippen LogP contribution in [0.2, 0.25) is 0 Å². The number of rotatable bonds is 13. The maximum atomic E-state index is 12.8. The van der Waals surface area contributed by atoms with E-state index in [9.17, 15) is 24.3 Å². The number of thiol groups is 1. The Labute approximate surface area is 194 Å². The summed E-state index contributed by atoms with van der Waals surface area (Å²) in [5.74, 6) is -2.20. The van der Waals surface area contributed by atoms with E-state index in [-0.39, 0.29) is 18.8 Å². The van der Waals surface area contributed by atoms with Crippen LogP contribution >= 0.6 is 12.6 Å². The van der Waals surface area contributed by atoms with E-state index in [2.05, 4.69) is 28.6 Å². The van der Waals surface area contributed by atoms with Gasteiger partial charge in [-0.2, -0.15) is 12.6 Å². The summed E-state index contributed by atoms with van der Waals surface area (Å²) >= 11 is 4.03. The third-order valence-electron chi connectivity index (χ3n) is 4.09. The van der Waals surface area contributed by atoms with Gasteiger partial charge in [0, 0.05) is 5.75 Å². The van der Waals surface area contributed by atoms with Gasteiger partial charge in [-0.15, -0.1) is 0 Å². The van der Waals surface area contributed by atoms with Crippen LogP contribution in [0.15, 0.2) is 0 Å². The highest BCUT2D eigenvalue weighted by Gasteiger charge is 2.32. The molecule has 12 heteroatoms. The second-order valence-corrected chi connectivity index (χ2v) is 8.57. The van der Waals surface area contributed by atoms with Crippen molar-refractivity contribution in [1.82, 2.24) is 16.0 Å². The zero-order chi connectivity index (χ0) is 24.9. The van der Waals surface area contributed by atoms with E-state index in [1.807, 2.05) is 0 Å². The quantitative estimate of drug-likeness (QED) is 0.121. The molecule has 0 bridgehead atoms. The fraction of sp³-hybridized carbons (Fsp3) is 0.800. The lowest BCUT2D eigenvalue weighted by Gasteiger charge is -2.27. The van der Waals surface area contributed by atoms with Crippen molar-refractivity contribution >= 4 is 36.5 Å². The molecule has 3 amide bonds. The SMILES string of the molecule is CCOC(=O)[C@H](CS)NC(=O)[C@@H](NC(=O)[C@H](CCCCN)NC(=O)OC(C)(C)C)[C@@H](C)O. The molecule has 6 N–H and O–H groups in total. The molecule has 0 saturated carbocycles. The van der Waals surface area contributed by atoms with Crippen LogP contribution < -0.4 is 21.7 Å². The molecule has 0 aliphatic carbocycles. The van der Waals surface area contributed by atoms with E-state index < -0.39 is 53.7 Å². The first-order valence-electron chi connectivity index (χ1n) is 10.6. The Morgan fingerprint density at radius 1 is 1.03 bits per heavy atom. The van der Waals surface area contributed by atoms with Gasteiger partial charge in [0.25, 0.3) is 0 Å². The Bertz CT molecular complexity index is 626. The highest BCUT2D eigenvalue weighted by Crippen LogP contribution is 2.09. The topological polar surface area (TPSA) is 169 Å². The van der Waals surface area contributed by atoms with Gasteiger partial charge >= 0.3 is 12.1 Å². The van der Waals surface area contributed by atoms with Crippen molar-refractivity contribution in [3.8, 4) is 0 Å². The fourth-order valence-electron chi connectivity index (χ4n) is 2.55. The molecule has 186 valence electrons. The maximum Gasteiger partial charge on any atom is 0.408 e. The predicted octanol–water partition coefficient (Wildman–Crippen LogP) is -0.148. The number of carbonyl (C=O) groups excluding carboxylic acids is 4. The van der Waals surface area contributed by atoms with E-state index in [0.29, 0.717) is 19.4 Å². The van der Waals surface area contributed by atoms with Gasteiger partial charge in [0.2, 0.25) is 11.8 Å². The van der Waals surface area contributed by atoms with Gasteiger partial charge in [0.15, 0.2) is 0 Å². The average Bonchev–Trinajstić information content (AvgIpc) is 2.67. The highest BCUT2D eigenvalue weighted by atomic mass is 32.1. The first-order chi connectivity index (χ1) is 14.9. The number of ether oxygens (including phenoxy) is 2. The van der Waals surface area contributed by atoms with Gasteiger partial charge < -0.3 is 36.3 Å². The van der Waals surface area contributed by atoms with E-state index in [1.165, 1.54) is 6.92 Å². The van der Waals surface area contributed by atoms with Gasteiger partial charge in [-0.25, -0.2) is 9.59 Å². The number of hydrogen-bond acceptors (Lipinski definition) is 9. The third-order valence-corrected chi connectivity index (χ3v) is 4.45. The summed E-state index contributed by atoms with van der Waals surface area (Å²) in [6, 6.07) is -3.45. The number of aliphatic hydroxyl groups is 1. The summed E-state index contributed by atoms with van der Waals surface area (Å²) < 4.78 is 10.1. The zero-order valence-corrected chi connectivity index (χ0v) is 20.4. The summed E-state index contributed by atoms with van der Waals surface area (Å²) in [6.45, 7) is 8.53. The number of amides is 3. The fourth-order valence-corrected chi connectivity index (χ4v) is 2.79. The monoisotopic (exact) mass is 478 g/mol. The Kier molecular flexibility index (Phi) is 14.0. The van der Waals surface area contributed by atoms with Crippen molar-refractivity contribution in [3.05, 3.63) is 0 Å². The molecule has 0 aromatic heterocycles. The summed E-state index contributed by atoms with van der Waals surface area (Å²) in [7, 11) is 0. The van der Waals surface area contributed by atoms with E-state index in [1.54, 1.807) is 27.7 Å². The van der Waals surface area contributed by atoms with Crippen LogP contribution in [0.4, 0.5) is 4.79 Å². The van der Waals surface area contributed by atoms with Crippen LogP contribution in [0, 0.1) is 0 Å². The molecule has 0 aromatic rings. The van der Waals surface area contributed by atoms with Crippen LogP contribution in [-0.4, -0.2) is 77.7 Å². The van der Waals surface area contributed by atoms with E-state index >= 15 is 0 Å². The minimum atomic E-state index is -1.38. The van der Waals surface area contributed by atoms with Gasteiger partial charge in [-0.1, -0.05) is 0 Å². The number of nitrogens with one attached hydrogen (secondary N) is 3. The van der Waals surface area contributed by atoms with Gasteiger partial charge in [-0.05, 0) is 60.4 Å². The number of alkyl carbamates (subject to hydrolysis) is 1. The predicted molar refractivity (Wildman–Crippen MR) is 122 cm³/mol. The van der Waals surface area contributed by atoms with Gasteiger partial charge in [0.1, 0.15) is 23.7 Å². The van der Waals surface area contributed by atoms with Gasteiger partial charge in [-0.3, -0.25) is 9.59 Å². The van der Waals surface area contributed by atoms with E-state index in [0.717, 1.165) is 0 Å². The minimum Gasteiger partial charge on any atom is -0.464 e. The Hall–Kier alpha value is -2.05. The molecule has 0 radical (unpaired) electrons. The molecule has 0 aromatic carbocycles. The number of hydrogen-bond donors (Lipinski definition) is 6. The molecule has 0 saturated heterocycles. The van der Waals surface area contributed by atoms with E-state index in [4.69, 9.17) is 15.2 Å². The highest BCUT2D eigenvalue weighted by molar-refractivity contribution is 7.80. The summed E-state index contributed by atoms with van der Waals surface area (Å²) in [4.78, 5) is 49.5. The van der Waals surface area contributed by atoms with Crippen LogP contribution in [0.3, 0.4) is 0 Å². The van der Waals surface area contributed by atoms with Gasteiger partial charge in [0.05, 0.1) is 12.7 Å². The molecule has 0 aliphatic heterocycles. The largest absolute Gasteiger partial charge is 0.464 e. The third kappa shape index (κ3) is 12.1. The number of nitrogens with two attached hydrogens (primary N) is 1. The molecule has 0 heterocycles.